The van der Waals surface area contributed by atoms with Crippen LogP contribution < -0.4 is 5.32 Å². The van der Waals surface area contributed by atoms with E-state index < -0.39 is 29.3 Å². The minimum Gasteiger partial charge on any atom is -0.441 e. The molecule has 1 spiro atoms. The van der Waals surface area contributed by atoms with Gasteiger partial charge in [0.2, 0.25) is 0 Å². The molecule has 2 saturated heterocycles. The molecule has 24 heavy (non-hydrogen) atoms. The van der Waals surface area contributed by atoms with Crippen LogP contribution in [0.15, 0.2) is 18.2 Å². The smallest absolute Gasteiger partial charge is 0.416 e. The summed E-state index contributed by atoms with van der Waals surface area (Å²) in [5, 5.41) is 3.14. The number of carbonyl (C=O) groups excluding carboxylic acids is 1. The summed E-state index contributed by atoms with van der Waals surface area (Å²) in [7, 11) is 0. The molecule has 4 nitrogen and oxygen atoms in total. The van der Waals surface area contributed by atoms with Gasteiger partial charge in [0.25, 0.3) is 0 Å². The molecule has 0 aromatic heterocycles. The molecule has 0 atom stereocenters. The number of nitrogens with one attached hydrogen (secondary N) is 1. The lowest BCUT2D eigenvalue weighted by molar-refractivity contribution is -0.138. The number of hydrogen-bond acceptors (Lipinski definition) is 3. The van der Waals surface area contributed by atoms with Crippen LogP contribution in [0.1, 0.15) is 24.0 Å². The van der Waals surface area contributed by atoms with Crippen LogP contribution in [0.2, 0.25) is 0 Å². The van der Waals surface area contributed by atoms with Crippen molar-refractivity contribution >= 4 is 18.5 Å². The van der Waals surface area contributed by atoms with Crippen molar-refractivity contribution in [3.05, 3.63) is 35.1 Å². The van der Waals surface area contributed by atoms with E-state index in [1.807, 2.05) is 0 Å². The number of amides is 1. The van der Waals surface area contributed by atoms with Crippen molar-refractivity contribution in [2.75, 3.05) is 19.6 Å². The van der Waals surface area contributed by atoms with E-state index >= 15 is 0 Å². The third-order valence-electron chi connectivity index (χ3n) is 4.29. The lowest BCUT2D eigenvalue weighted by Crippen LogP contribution is -2.44. The number of halogens is 5. The van der Waals surface area contributed by atoms with E-state index in [0.717, 1.165) is 12.1 Å². The van der Waals surface area contributed by atoms with E-state index in [0.29, 0.717) is 32.0 Å². The van der Waals surface area contributed by atoms with Gasteiger partial charge in [0, 0.05) is 19.4 Å². The van der Waals surface area contributed by atoms with Gasteiger partial charge in [-0.15, -0.1) is 12.4 Å². The number of hydrogen-bond donors (Lipinski definition) is 1. The summed E-state index contributed by atoms with van der Waals surface area (Å²) in [6.07, 6.45) is -4.02. The van der Waals surface area contributed by atoms with Crippen LogP contribution >= 0.6 is 12.4 Å². The maximum absolute atomic E-state index is 13.3. The van der Waals surface area contributed by atoms with Crippen LogP contribution in [0.3, 0.4) is 0 Å². The topological polar surface area (TPSA) is 41.6 Å². The molecule has 0 radical (unpaired) electrons. The van der Waals surface area contributed by atoms with Crippen molar-refractivity contribution in [1.82, 2.24) is 10.2 Å². The van der Waals surface area contributed by atoms with Crippen molar-refractivity contribution in [3.63, 3.8) is 0 Å². The summed E-state index contributed by atoms with van der Waals surface area (Å²) in [5.74, 6) is -0.767. The highest BCUT2D eigenvalue weighted by molar-refractivity contribution is 5.85. The summed E-state index contributed by atoms with van der Waals surface area (Å²) in [6.45, 7) is 1.28. The fourth-order valence-electron chi connectivity index (χ4n) is 3.13. The second kappa shape index (κ2) is 6.76. The summed E-state index contributed by atoms with van der Waals surface area (Å²) in [5.41, 5.74) is -1.84. The van der Waals surface area contributed by atoms with E-state index in [1.165, 1.54) is 4.90 Å². The van der Waals surface area contributed by atoms with Gasteiger partial charge in [-0.3, -0.25) is 4.90 Å². The van der Waals surface area contributed by atoms with Gasteiger partial charge in [-0.2, -0.15) is 13.2 Å². The highest BCUT2D eigenvalue weighted by Crippen LogP contribution is 2.36. The van der Waals surface area contributed by atoms with Gasteiger partial charge < -0.3 is 10.1 Å². The van der Waals surface area contributed by atoms with E-state index in [-0.39, 0.29) is 31.1 Å². The lowest BCUT2D eigenvalue weighted by atomic mass is 9.92. The molecule has 1 aromatic rings. The highest BCUT2D eigenvalue weighted by Gasteiger charge is 2.46. The van der Waals surface area contributed by atoms with Crippen LogP contribution in [0, 0.1) is 5.82 Å². The average molecular weight is 369 g/mol. The van der Waals surface area contributed by atoms with Crippen LogP contribution in [0.25, 0.3) is 0 Å². The first-order chi connectivity index (χ1) is 10.8. The third-order valence-corrected chi connectivity index (χ3v) is 4.29. The highest BCUT2D eigenvalue weighted by atomic mass is 35.5. The molecule has 9 heteroatoms. The number of benzene rings is 1. The number of rotatable bonds is 2. The van der Waals surface area contributed by atoms with E-state index in [4.69, 9.17) is 4.74 Å². The Kier molecular flexibility index (Phi) is 5.29. The normalized spacial score (nSPS) is 20.0. The Balaban J connectivity index is 0.00000208. The predicted molar refractivity (Wildman–Crippen MR) is 80.4 cm³/mol. The summed E-state index contributed by atoms with van der Waals surface area (Å²) >= 11 is 0. The SMILES string of the molecule is Cl.O=C1OC2(CCNCC2)CN1Cc1cc(F)ccc1C(F)(F)F. The molecule has 1 amide bonds. The Labute approximate surface area is 142 Å². The van der Waals surface area contributed by atoms with E-state index in [1.54, 1.807) is 0 Å². The summed E-state index contributed by atoms with van der Waals surface area (Å²) in [4.78, 5) is 13.2. The molecule has 2 heterocycles. The fourth-order valence-corrected chi connectivity index (χ4v) is 3.13. The van der Waals surface area contributed by atoms with Crippen LogP contribution in [-0.2, 0) is 17.5 Å². The quantitative estimate of drug-likeness (QED) is 0.814. The van der Waals surface area contributed by atoms with Crippen LogP contribution in [0.5, 0.6) is 0 Å². The first-order valence-corrected chi connectivity index (χ1v) is 7.33. The Bertz CT molecular complexity index is 618. The molecular formula is C15H17ClF4N2O2. The zero-order valence-electron chi connectivity index (χ0n) is 12.7. The number of carbonyl (C=O) groups is 1. The molecule has 0 aliphatic carbocycles. The van der Waals surface area contributed by atoms with Gasteiger partial charge >= 0.3 is 12.3 Å². The molecule has 0 bridgehead atoms. The van der Waals surface area contributed by atoms with Crippen LogP contribution in [0.4, 0.5) is 22.4 Å². The minimum atomic E-state index is -4.60. The maximum Gasteiger partial charge on any atom is 0.416 e. The molecule has 2 fully saturated rings. The minimum absolute atomic E-state index is 0. The molecule has 0 unspecified atom stereocenters. The van der Waals surface area contributed by atoms with Gasteiger partial charge in [-0.25, -0.2) is 9.18 Å². The Morgan fingerprint density at radius 2 is 1.92 bits per heavy atom. The van der Waals surface area contributed by atoms with E-state index in [9.17, 15) is 22.4 Å². The largest absolute Gasteiger partial charge is 0.441 e. The Morgan fingerprint density at radius 1 is 1.25 bits per heavy atom. The molecular weight excluding hydrogens is 352 g/mol. The molecule has 3 rings (SSSR count). The third kappa shape index (κ3) is 3.75. The predicted octanol–water partition coefficient (Wildman–Crippen LogP) is 3.34. The van der Waals surface area contributed by atoms with Crippen molar-refractivity contribution in [2.24, 2.45) is 0 Å². The van der Waals surface area contributed by atoms with Crippen molar-refractivity contribution in [2.45, 2.75) is 31.2 Å². The van der Waals surface area contributed by atoms with Crippen molar-refractivity contribution < 1.29 is 27.1 Å². The Hall–Kier alpha value is -1.54. The zero-order chi connectivity index (χ0) is 16.7. The van der Waals surface area contributed by atoms with Gasteiger partial charge in [0.15, 0.2) is 0 Å². The maximum atomic E-state index is 13.3. The molecule has 134 valence electrons. The lowest BCUT2D eigenvalue weighted by Gasteiger charge is -2.31. The first kappa shape index (κ1) is 18.8. The van der Waals surface area contributed by atoms with Crippen molar-refractivity contribution in [3.8, 4) is 0 Å². The number of piperidine rings is 1. The monoisotopic (exact) mass is 368 g/mol. The summed E-state index contributed by atoms with van der Waals surface area (Å²) < 4.78 is 57.8. The van der Waals surface area contributed by atoms with Crippen molar-refractivity contribution in [1.29, 1.82) is 0 Å². The summed E-state index contributed by atoms with van der Waals surface area (Å²) in [6, 6.07) is 2.29. The number of alkyl halides is 3. The zero-order valence-corrected chi connectivity index (χ0v) is 13.5. The fraction of sp³-hybridized carbons (Fsp3) is 0.533. The van der Waals surface area contributed by atoms with E-state index in [2.05, 4.69) is 5.32 Å². The standard InChI is InChI=1S/C15H16F4N2O2.ClH/c16-11-1-2-12(15(17,18)19)10(7-11)8-21-9-14(23-13(21)22)3-5-20-6-4-14;/h1-2,7,20H,3-6,8-9H2;1H. The van der Waals surface area contributed by atoms with Gasteiger partial charge in [-0.05, 0) is 36.9 Å². The van der Waals surface area contributed by atoms with Crippen LogP contribution in [-0.4, -0.2) is 36.2 Å². The second-order valence-electron chi connectivity index (χ2n) is 5.96. The second-order valence-corrected chi connectivity index (χ2v) is 5.96. The van der Waals surface area contributed by atoms with Gasteiger partial charge in [0.05, 0.1) is 12.1 Å². The Morgan fingerprint density at radius 3 is 2.54 bits per heavy atom. The number of ether oxygens (including phenoxy) is 1. The van der Waals surface area contributed by atoms with Gasteiger partial charge in [0.1, 0.15) is 11.4 Å². The molecule has 2 aliphatic heterocycles. The number of nitrogens with zero attached hydrogens (tertiary/aromatic N) is 1. The first-order valence-electron chi connectivity index (χ1n) is 7.33. The van der Waals surface area contributed by atoms with Gasteiger partial charge in [-0.1, -0.05) is 0 Å². The molecule has 0 saturated carbocycles. The molecule has 1 aromatic carbocycles. The molecule has 2 aliphatic rings. The molecule has 1 N–H and O–H groups in total. The average Bonchev–Trinajstić information content (AvgIpc) is 2.74.